The monoisotopic (exact) mass is 503 g/mol. The van der Waals surface area contributed by atoms with E-state index < -0.39 is 27.1 Å². The molecule has 1 N–H and O–H groups in total. The summed E-state index contributed by atoms with van der Waals surface area (Å²) in [6.45, 7) is 6.08. The first-order valence-corrected chi connectivity index (χ1v) is 11.5. The van der Waals surface area contributed by atoms with E-state index in [9.17, 15) is 19.7 Å². The number of nitrogens with zero attached hydrogens (tertiary/aromatic N) is 2. The summed E-state index contributed by atoms with van der Waals surface area (Å²) in [6.07, 6.45) is 1.68. The lowest BCUT2D eigenvalue weighted by Crippen LogP contribution is -2.43. The highest BCUT2D eigenvalue weighted by molar-refractivity contribution is 6.35. The van der Waals surface area contributed by atoms with Crippen LogP contribution in [0.2, 0.25) is 10.0 Å². The predicted molar refractivity (Wildman–Crippen MR) is 129 cm³/mol. The number of rotatable bonds is 5. The number of hydrogen-bond donors (Lipinski definition) is 1. The van der Waals surface area contributed by atoms with Crippen LogP contribution in [0.3, 0.4) is 0 Å². The molecule has 8 nitrogen and oxygen atoms in total. The highest BCUT2D eigenvalue weighted by atomic mass is 35.5. The van der Waals surface area contributed by atoms with Crippen molar-refractivity contribution in [3.8, 4) is 0 Å². The average Bonchev–Trinajstić information content (AvgIpc) is 3.10. The van der Waals surface area contributed by atoms with Gasteiger partial charge in [-0.15, -0.1) is 0 Å². The van der Waals surface area contributed by atoms with Crippen LogP contribution >= 0.6 is 23.2 Å². The molecule has 34 heavy (non-hydrogen) atoms. The van der Waals surface area contributed by atoms with Crippen LogP contribution in [0, 0.1) is 26.4 Å². The number of anilines is 1. The fourth-order valence-electron chi connectivity index (χ4n) is 5.23. The summed E-state index contributed by atoms with van der Waals surface area (Å²) in [6, 6.07) is 9.97. The van der Waals surface area contributed by atoms with Gasteiger partial charge in [0.05, 0.1) is 32.3 Å². The highest BCUT2D eigenvalue weighted by Crippen LogP contribution is 2.71. The van der Waals surface area contributed by atoms with E-state index in [0.29, 0.717) is 40.7 Å². The number of oxime groups is 1. The minimum Gasteiger partial charge on any atom is -0.324 e. The molecule has 0 aromatic heterocycles. The Kier molecular flexibility index (Phi) is 5.94. The van der Waals surface area contributed by atoms with Crippen LogP contribution in [0.4, 0.5) is 11.4 Å². The molecule has 2 fully saturated rings. The van der Waals surface area contributed by atoms with Crippen molar-refractivity contribution in [2.24, 2.45) is 21.4 Å². The molecule has 2 aromatic rings. The van der Waals surface area contributed by atoms with Crippen LogP contribution in [-0.2, 0) is 9.63 Å². The van der Waals surface area contributed by atoms with Crippen LogP contribution in [0.25, 0.3) is 0 Å². The number of benzene rings is 2. The number of fused-ring (bicyclic) bond motifs is 2. The maximum Gasteiger partial charge on any atom is 0.365 e. The summed E-state index contributed by atoms with van der Waals surface area (Å²) < 4.78 is 0. The predicted octanol–water partition coefficient (Wildman–Crippen LogP) is 6.27. The van der Waals surface area contributed by atoms with Crippen molar-refractivity contribution in [3.63, 3.8) is 0 Å². The molecule has 178 valence electrons. The zero-order chi connectivity index (χ0) is 24.9. The van der Waals surface area contributed by atoms with E-state index in [1.807, 2.05) is 20.8 Å². The molecule has 0 spiro atoms. The van der Waals surface area contributed by atoms with Gasteiger partial charge < -0.3 is 10.2 Å². The van der Waals surface area contributed by atoms with E-state index in [0.717, 1.165) is 0 Å². The normalized spacial score (nSPS) is 25.9. The summed E-state index contributed by atoms with van der Waals surface area (Å²) >= 11 is 12.3. The minimum absolute atomic E-state index is 0.127. The van der Waals surface area contributed by atoms with Gasteiger partial charge in [0.1, 0.15) is 0 Å². The number of non-ortho nitro benzene ring substituents is 1. The van der Waals surface area contributed by atoms with Crippen molar-refractivity contribution < 1.29 is 19.3 Å². The number of carbonyl (C=O) groups excluding carboxylic acids is 2. The molecule has 2 aliphatic carbocycles. The number of halogens is 2. The van der Waals surface area contributed by atoms with Gasteiger partial charge in [-0.1, -0.05) is 49.1 Å². The summed E-state index contributed by atoms with van der Waals surface area (Å²) in [5.41, 5.74) is -0.624. The third-order valence-electron chi connectivity index (χ3n) is 7.90. The van der Waals surface area contributed by atoms with E-state index in [1.54, 1.807) is 18.2 Å². The number of carbonyl (C=O) groups is 2. The van der Waals surface area contributed by atoms with E-state index >= 15 is 0 Å². The first kappa shape index (κ1) is 24.2. The highest BCUT2D eigenvalue weighted by Gasteiger charge is 2.71. The van der Waals surface area contributed by atoms with E-state index in [-0.39, 0.29) is 17.2 Å². The maximum atomic E-state index is 13.6. The first-order valence-electron chi connectivity index (χ1n) is 10.7. The Bertz CT molecular complexity index is 1230. The Morgan fingerprint density at radius 2 is 1.76 bits per heavy atom. The van der Waals surface area contributed by atoms with Crippen LogP contribution in [0.5, 0.6) is 0 Å². The lowest BCUT2D eigenvalue weighted by molar-refractivity contribution is -0.384. The molecule has 2 aliphatic rings. The molecule has 2 bridgehead atoms. The molecular weight excluding hydrogens is 481 g/mol. The van der Waals surface area contributed by atoms with Gasteiger partial charge in [-0.2, -0.15) is 0 Å². The molecule has 0 saturated heterocycles. The van der Waals surface area contributed by atoms with Gasteiger partial charge >= 0.3 is 5.97 Å². The van der Waals surface area contributed by atoms with Crippen LogP contribution in [0.15, 0.2) is 47.6 Å². The molecule has 0 heterocycles. The third-order valence-corrected chi connectivity index (χ3v) is 8.46. The standard InChI is InChI=1S/C24H23Cl2N3O5/c1-22(2)23(3)10-11-24(22,21(31)27-18-12-15(25)6-9-17(18)26)13-19(23)28-34-20(30)14-4-7-16(8-5-14)29(32)33/h4-9,12H,10-11,13H2,1-3H3,(H,27,31). The second-order valence-corrected chi connectivity index (χ2v) is 10.4. The lowest BCUT2D eigenvalue weighted by atomic mass is 9.64. The van der Waals surface area contributed by atoms with Crippen molar-refractivity contribution in [3.05, 3.63) is 68.2 Å². The van der Waals surface area contributed by atoms with Crippen molar-refractivity contribution in [1.82, 2.24) is 0 Å². The quantitative estimate of drug-likeness (QED) is 0.293. The van der Waals surface area contributed by atoms with Crippen molar-refractivity contribution in [2.75, 3.05) is 5.32 Å². The summed E-state index contributed by atoms with van der Waals surface area (Å²) in [5, 5.41) is 18.8. The van der Waals surface area contributed by atoms with Gasteiger partial charge in [0, 0.05) is 29.0 Å². The topological polar surface area (TPSA) is 111 Å². The van der Waals surface area contributed by atoms with Crippen LogP contribution < -0.4 is 5.32 Å². The molecular formula is C24H23Cl2N3O5. The number of nitro benzene ring substituents is 1. The fourth-order valence-corrected chi connectivity index (χ4v) is 5.56. The SMILES string of the molecule is CC12CCC(C(=O)Nc3cc(Cl)ccc3Cl)(CC1=NOC(=O)c1ccc([N+](=O)[O-])cc1)C2(C)C. The van der Waals surface area contributed by atoms with Crippen LogP contribution in [0.1, 0.15) is 50.4 Å². The smallest absolute Gasteiger partial charge is 0.324 e. The molecule has 0 aliphatic heterocycles. The Balaban J connectivity index is 1.57. The van der Waals surface area contributed by atoms with Gasteiger partial charge in [0.25, 0.3) is 5.69 Å². The third kappa shape index (κ3) is 3.65. The van der Waals surface area contributed by atoms with Gasteiger partial charge in [-0.3, -0.25) is 14.9 Å². The van der Waals surface area contributed by atoms with Crippen molar-refractivity contribution >= 4 is 52.2 Å². The van der Waals surface area contributed by atoms with Crippen molar-refractivity contribution in [1.29, 1.82) is 0 Å². The van der Waals surface area contributed by atoms with Gasteiger partial charge in [-0.05, 0) is 48.6 Å². The van der Waals surface area contributed by atoms with Crippen LogP contribution in [-0.4, -0.2) is 22.5 Å². The Hall–Kier alpha value is -2.97. The zero-order valence-electron chi connectivity index (χ0n) is 18.9. The molecule has 10 heteroatoms. The minimum atomic E-state index is -0.772. The van der Waals surface area contributed by atoms with Crippen molar-refractivity contribution in [2.45, 2.75) is 40.0 Å². The summed E-state index contributed by atoms with van der Waals surface area (Å²) in [7, 11) is 0. The fraction of sp³-hybridized carbons (Fsp3) is 0.375. The second kappa shape index (κ2) is 8.36. The summed E-state index contributed by atoms with van der Waals surface area (Å²) in [4.78, 5) is 41.5. The largest absolute Gasteiger partial charge is 0.365 e. The van der Waals surface area contributed by atoms with Gasteiger partial charge in [0.2, 0.25) is 5.91 Å². The Morgan fingerprint density at radius 3 is 2.41 bits per heavy atom. The van der Waals surface area contributed by atoms with Gasteiger partial charge in [0.15, 0.2) is 0 Å². The molecule has 2 unspecified atom stereocenters. The molecule has 2 aromatic carbocycles. The lowest BCUT2D eigenvalue weighted by Gasteiger charge is -2.39. The number of nitrogens with one attached hydrogen (secondary N) is 1. The average molecular weight is 504 g/mol. The first-order chi connectivity index (χ1) is 15.9. The number of amides is 1. The van der Waals surface area contributed by atoms with E-state index in [2.05, 4.69) is 10.5 Å². The molecule has 0 radical (unpaired) electrons. The molecule has 4 rings (SSSR count). The molecule has 2 saturated carbocycles. The van der Waals surface area contributed by atoms with E-state index in [1.165, 1.54) is 24.3 Å². The second-order valence-electron chi connectivity index (χ2n) is 9.51. The zero-order valence-corrected chi connectivity index (χ0v) is 20.4. The number of hydrogen-bond acceptors (Lipinski definition) is 6. The molecule has 2 atom stereocenters. The number of nitro groups is 1. The maximum absolute atomic E-state index is 13.6. The Labute approximate surface area is 206 Å². The van der Waals surface area contributed by atoms with E-state index in [4.69, 9.17) is 28.0 Å². The molecule has 1 amide bonds. The van der Waals surface area contributed by atoms with Gasteiger partial charge in [-0.25, -0.2) is 4.79 Å². The Morgan fingerprint density at radius 1 is 1.09 bits per heavy atom. The summed E-state index contributed by atoms with van der Waals surface area (Å²) in [5.74, 6) is -0.909.